The van der Waals surface area contributed by atoms with Gasteiger partial charge in [-0.3, -0.25) is 0 Å². The molecule has 0 aliphatic heterocycles. The second-order valence-corrected chi connectivity index (χ2v) is 4.59. The van der Waals surface area contributed by atoms with E-state index in [0.29, 0.717) is 6.04 Å². The minimum atomic E-state index is 0.366. The molecule has 2 rings (SSSR count). The number of hydrogen-bond donors (Lipinski definition) is 1. The van der Waals surface area contributed by atoms with Crippen molar-refractivity contribution in [2.45, 2.75) is 45.1 Å². The fourth-order valence-corrected chi connectivity index (χ4v) is 2.40. The molecule has 1 aliphatic carbocycles. The summed E-state index contributed by atoms with van der Waals surface area (Å²) >= 11 is 0. The maximum atomic E-state index is 4.11. The molecule has 1 unspecified atom stereocenters. The molecule has 1 aliphatic rings. The molecule has 0 saturated heterocycles. The van der Waals surface area contributed by atoms with E-state index in [1.165, 1.54) is 31.2 Å². The van der Waals surface area contributed by atoms with Gasteiger partial charge < -0.3 is 5.32 Å². The van der Waals surface area contributed by atoms with Crippen molar-refractivity contribution < 1.29 is 0 Å². The number of hydrogen-bond acceptors (Lipinski definition) is 3. The third-order valence-corrected chi connectivity index (χ3v) is 3.28. The summed E-state index contributed by atoms with van der Waals surface area (Å²) in [5.41, 5.74) is 2.78. The monoisotopic (exact) mass is 231 g/mol. The zero-order valence-electron chi connectivity index (χ0n) is 10.5. The van der Waals surface area contributed by atoms with Gasteiger partial charge in [-0.05, 0) is 38.6 Å². The van der Waals surface area contributed by atoms with Gasteiger partial charge in [-0.1, -0.05) is 18.6 Å². The molecule has 0 amide bonds. The summed E-state index contributed by atoms with van der Waals surface area (Å²) < 4.78 is 0. The van der Waals surface area contributed by atoms with Crippen LogP contribution in [0.3, 0.4) is 0 Å². The van der Waals surface area contributed by atoms with Crippen molar-refractivity contribution in [1.29, 1.82) is 0 Å². The number of allylic oxidation sites excluding steroid dienone is 1. The summed E-state index contributed by atoms with van der Waals surface area (Å²) in [7, 11) is 0. The van der Waals surface area contributed by atoms with E-state index in [0.717, 1.165) is 13.0 Å². The smallest absolute Gasteiger partial charge is 0.115 e. The second-order valence-electron chi connectivity index (χ2n) is 4.59. The molecule has 0 spiro atoms. The van der Waals surface area contributed by atoms with Gasteiger partial charge in [0.05, 0.1) is 0 Å². The van der Waals surface area contributed by atoms with Crippen molar-refractivity contribution in [1.82, 2.24) is 15.3 Å². The molecule has 1 heterocycles. The Morgan fingerprint density at radius 2 is 2.12 bits per heavy atom. The van der Waals surface area contributed by atoms with Crippen molar-refractivity contribution in [3.63, 3.8) is 0 Å². The lowest BCUT2D eigenvalue weighted by Crippen LogP contribution is -2.22. The van der Waals surface area contributed by atoms with Gasteiger partial charge in [-0.2, -0.15) is 0 Å². The quantitative estimate of drug-likeness (QED) is 0.792. The first-order valence-corrected chi connectivity index (χ1v) is 6.56. The average Bonchev–Trinajstić information content (AvgIpc) is 2.40. The van der Waals surface area contributed by atoms with Crippen molar-refractivity contribution in [2.75, 3.05) is 6.54 Å². The summed E-state index contributed by atoms with van der Waals surface area (Å²) in [4.78, 5) is 8.22. The molecule has 0 aromatic carbocycles. The van der Waals surface area contributed by atoms with Crippen LogP contribution in [-0.4, -0.2) is 16.5 Å². The van der Waals surface area contributed by atoms with Crippen LogP contribution in [0.15, 0.2) is 30.4 Å². The highest BCUT2D eigenvalue weighted by atomic mass is 14.9. The Bertz CT molecular complexity index is 359. The molecule has 3 heteroatoms. The topological polar surface area (TPSA) is 37.8 Å². The predicted octanol–water partition coefficient (Wildman–Crippen LogP) is 3.02. The lowest BCUT2D eigenvalue weighted by molar-refractivity contribution is 0.525. The Labute approximate surface area is 103 Å². The molecule has 0 fully saturated rings. The van der Waals surface area contributed by atoms with Crippen LogP contribution in [0.5, 0.6) is 0 Å². The summed E-state index contributed by atoms with van der Waals surface area (Å²) in [5, 5.41) is 3.53. The van der Waals surface area contributed by atoms with Crippen molar-refractivity contribution in [3.05, 3.63) is 35.9 Å². The number of nitrogens with one attached hydrogen (secondary N) is 1. The van der Waals surface area contributed by atoms with E-state index in [2.05, 4.69) is 28.3 Å². The summed E-state index contributed by atoms with van der Waals surface area (Å²) in [5.74, 6) is 0. The highest BCUT2D eigenvalue weighted by molar-refractivity contribution is 5.15. The maximum absolute atomic E-state index is 4.11. The van der Waals surface area contributed by atoms with Crippen molar-refractivity contribution in [3.8, 4) is 0 Å². The number of aromatic nitrogens is 2. The molecule has 0 bridgehead atoms. The molecule has 92 valence electrons. The lowest BCUT2D eigenvalue weighted by atomic mass is 9.92. The van der Waals surface area contributed by atoms with Crippen LogP contribution >= 0.6 is 0 Å². The van der Waals surface area contributed by atoms with Gasteiger partial charge in [0, 0.05) is 24.0 Å². The van der Waals surface area contributed by atoms with E-state index in [9.17, 15) is 0 Å². The van der Waals surface area contributed by atoms with E-state index < -0.39 is 0 Å². The molecule has 1 aromatic rings. The Kier molecular flexibility index (Phi) is 4.68. The van der Waals surface area contributed by atoms with E-state index in [1.54, 1.807) is 11.9 Å². The van der Waals surface area contributed by atoms with Crippen LogP contribution in [0.4, 0.5) is 0 Å². The molecule has 3 nitrogen and oxygen atoms in total. The van der Waals surface area contributed by atoms with Crippen LogP contribution in [-0.2, 0) is 0 Å². The van der Waals surface area contributed by atoms with E-state index >= 15 is 0 Å². The first-order valence-electron chi connectivity index (χ1n) is 6.56. The van der Waals surface area contributed by atoms with Gasteiger partial charge in [0.15, 0.2) is 0 Å². The van der Waals surface area contributed by atoms with Gasteiger partial charge in [0.2, 0.25) is 0 Å². The Morgan fingerprint density at radius 1 is 1.29 bits per heavy atom. The molecular formula is C14H21N3. The fraction of sp³-hybridized carbons (Fsp3) is 0.571. The largest absolute Gasteiger partial charge is 0.310 e. The van der Waals surface area contributed by atoms with Crippen LogP contribution < -0.4 is 5.32 Å². The normalized spacial score (nSPS) is 17.6. The van der Waals surface area contributed by atoms with Gasteiger partial charge >= 0.3 is 0 Å². The Morgan fingerprint density at radius 3 is 2.76 bits per heavy atom. The standard InChI is InChI=1S/C14H21N3/c1-2-17-14(13-9-15-11-16-10-13)8-12-6-4-3-5-7-12/h6,9-11,14,17H,2-5,7-8H2,1H3. The van der Waals surface area contributed by atoms with E-state index in [1.807, 2.05) is 12.4 Å². The maximum Gasteiger partial charge on any atom is 0.115 e. The third-order valence-electron chi connectivity index (χ3n) is 3.28. The van der Waals surface area contributed by atoms with Crippen LogP contribution in [0, 0.1) is 0 Å². The second kappa shape index (κ2) is 6.50. The summed E-state index contributed by atoms with van der Waals surface area (Å²) in [6.45, 7) is 3.12. The summed E-state index contributed by atoms with van der Waals surface area (Å²) in [6.07, 6.45) is 14.1. The minimum Gasteiger partial charge on any atom is -0.310 e. The Hall–Kier alpha value is -1.22. The number of rotatable bonds is 5. The van der Waals surface area contributed by atoms with Gasteiger partial charge in [0.25, 0.3) is 0 Å². The van der Waals surface area contributed by atoms with Gasteiger partial charge in [-0.15, -0.1) is 0 Å². The SMILES string of the molecule is CCNC(CC1=CCCCC1)c1cncnc1. The van der Waals surface area contributed by atoms with Crippen molar-refractivity contribution >= 4 is 0 Å². The average molecular weight is 231 g/mol. The van der Waals surface area contributed by atoms with Gasteiger partial charge in [-0.25, -0.2) is 9.97 Å². The molecule has 1 aromatic heterocycles. The number of nitrogens with zero attached hydrogens (tertiary/aromatic N) is 2. The fourth-order valence-electron chi connectivity index (χ4n) is 2.40. The Balaban J connectivity index is 2.04. The zero-order valence-corrected chi connectivity index (χ0v) is 10.5. The van der Waals surface area contributed by atoms with Crippen LogP contribution in [0.1, 0.15) is 50.6 Å². The minimum absolute atomic E-state index is 0.366. The first-order chi connectivity index (χ1) is 8.40. The first kappa shape index (κ1) is 12.2. The molecule has 0 saturated carbocycles. The highest BCUT2D eigenvalue weighted by Crippen LogP contribution is 2.26. The highest BCUT2D eigenvalue weighted by Gasteiger charge is 2.14. The predicted molar refractivity (Wildman–Crippen MR) is 69.6 cm³/mol. The van der Waals surface area contributed by atoms with Crippen LogP contribution in [0.25, 0.3) is 0 Å². The molecule has 1 N–H and O–H groups in total. The molecular weight excluding hydrogens is 210 g/mol. The van der Waals surface area contributed by atoms with E-state index in [4.69, 9.17) is 0 Å². The molecule has 17 heavy (non-hydrogen) atoms. The lowest BCUT2D eigenvalue weighted by Gasteiger charge is -2.21. The van der Waals surface area contributed by atoms with Gasteiger partial charge in [0.1, 0.15) is 6.33 Å². The summed E-state index contributed by atoms with van der Waals surface area (Å²) in [6, 6.07) is 0.366. The third kappa shape index (κ3) is 3.63. The molecule has 1 atom stereocenters. The zero-order chi connectivity index (χ0) is 11.9. The van der Waals surface area contributed by atoms with Crippen LogP contribution in [0.2, 0.25) is 0 Å². The van der Waals surface area contributed by atoms with E-state index in [-0.39, 0.29) is 0 Å². The molecule has 0 radical (unpaired) electrons. The van der Waals surface area contributed by atoms with Crippen molar-refractivity contribution in [2.24, 2.45) is 0 Å².